The van der Waals surface area contributed by atoms with E-state index >= 15 is 0 Å². The molecule has 0 aliphatic carbocycles. The quantitative estimate of drug-likeness (QED) is 0.106. The lowest BCUT2D eigenvalue weighted by Gasteiger charge is -2.08. The molecule has 0 N–H and O–H groups in total. The molecule has 12 heteroatoms. The minimum atomic E-state index is -1.51. The first-order valence-corrected chi connectivity index (χ1v) is 8.45. The summed E-state index contributed by atoms with van der Waals surface area (Å²) in [5.41, 5.74) is 0.374. The number of hydrogen-bond acceptors (Lipinski definition) is 12. The van der Waals surface area contributed by atoms with E-state index in [4.69, 9.17) is 4.74 Å². The van der Waals surface area contributed by atoms with Crippen molar-refractivity contribution in [2.24, 2.45) is 0 Å². The Morgan fingerprint density at radius 3 is 1.27 bits per heavy atom. The standard InChI is InChI=1S/C18H22O12/c1-5-12(4)14(20)26-7-9-28-16(22)18(24)30-10-29-17(23)15(21)27-8-6-25-13(19)11(2)3/h2,4-10H2,1,3H3. The summed E-state index contributed by atoms with van der Waals surface area (Å²) in [6.07, 6.45) is 0.389. The van der Waals surface area contributed by atoms with Crippen molar-refractivity contribution in [2.45, 2.75) is 20.3 Å². The molecule has 0 fully saturated rings. The van der Waals surface area contributed by atoms with Gasteiger partial charge in [0.15, 0.2) is 0 Å². The first-order valence-electron chi connectivity index (χ1n) is 8.45. The topological polar surface area (TPSA) is 158 Å². The highest BCUT2D eigenvalue weighted by molar-refractivity contribution is 6.30. The summed E-state index contributed by atoms with van der Waals surface area (Å²) in [6, 6.07) is 0. The van der Waals surface area contributed by atoms with Gasteiger partial charge in [0.1, 0.15) is 26.4 Å². The predicted octanol–water partition coefficient (Wildman–Crippen LogP) is -0.255. The Kier molecular flexibility index (Phi) is 12.6. The fourth-order valence-corrected chi connectivity index (χ4v) is 1.28. The van der Waals surface area contributed by atoms with Gasteiger partial charge in [0, 0.05) is 11.1 Å². The van der Waals surface area contributed by atoms with Crippen LogP contribution < -0.4 is 0 Å². The van der Waals surface area contributed by atoms with Gasteiger partial charge in [-0.3, -0.25) is 0 Å². The molecule has 0 saturated heterocycles. The zero-order valence-corrected chi connectivity index (χ0v) is 16.6. The maximum atomic E-state index is 11.3. The molecular weight excluding hydrogens is 408 g/mol. The minimum absolute atomic E-state index is 0.143. The summed E-state index contributed by atoms with van der Waals surface area (Å²) >= 11 is 0. The van der Waals surface area contributed by atoms with Gasteiger partial charge in [-0.1, -0.05) is 20.1 Å². The molecule has 0 aromatic heterocycles. The van der Waals surface area contributed by atoms with E-state index in [1.165, 1.54) is 6.92 Å². The fourth-order valence-electron chi connectivity index (χ4n) is 1.28. The van der Waals surface area contributed by atoms with Crippen LogP contribution in [0.15, 0.2) is 24.3 Å². The van der Waals surface area contributed by atoms with E-state index in [9.17, 15) is 28.8 Å². The number of ether oxygens (including phenoxy) is 6. The van der Waals surface area contributed by atoms with Gasteiger partial charge >= 0.3 is 35.8 Å². The van der Waals surface area contributed by atoms with Crippen molar-refractivity contribution in [1.82, 2.24) is 0 Å². The number of rotatable bonds is 11. The van der Waals surface area contributed by atoms with Crippen molar-refractivity contribution in [3.63, 3.8) is 0 Å². The molecule has 0 spiro atoms. The highest BCUT2D eigenvalue weighted by Crippen LogP contribution is 1.99. The zero-order chi connectivity index (χ0) is 23.1. The molecule has 0 unspecified atom stereocenters. The van der Waals surface area contributed by atoms with Gasteiger partial charge in [-0.25, -0.2) is 28.8 Å². The number of esters is 6. The van der Waals surface area contributed by atoms with Crippen LogP contribution in [0.4, 0.5) is 0 Å². The smallest absolute Gasteiger partial charge is 0.420 e. The van der Waals surface area contributed by atoms with Gasteiger partial charge in [-0.2, -0.15) is 0 Å². The molecular formula is C18H22O12. The first kappa shape index (κ1) is 26.3. The third-order valence-electron chi connectivity index (χ3n) is 2.88. The van der Waals surface area contributed by atoms with Gasteiger partial charge in [0.25, 0.3) is 0 Å². The summed E-state index contributed by atoms with van der Waals surface area (Å²) in [4.78, 5) is 67.6. The van der Waals surface area contributed by atoms with Crippen LogP contribution in [0, 0.1) is 0 Å². The Bertz CT molecular complexity index is 706. The second-order valence-electron chi connectivity index (χ2n) is 5.26. The molecule has 12 nitrogen and oxygen atoms in total. The minimum Gasteiger partial charge on any atom is -0.459 e. The van der Waals surface area contributed by atoms with Gasteiger partial charge < -0.3 is 28.4 Å². The van der Waals surface area contributed by atoms with Gasteiger partial charge in [-0.15, -0.1) is 0 Å². The summed E-state index contributed by atoms with van der Waals surface area (Å²) in [7, 11) is 0. The highest BCUT2D eigenvalue weighted by Gasteiger charge is 2.21. The summed E-state index contributed by atoms with van der Waals surface area (Å²) < 4.78 is 26.8. The van der Waals surface area contributed by atoms with Crippen molar-refractivity contribution in [3.05, 3.63) is 24.3 Å². The van der Waals surface area contributed by atoms with Gasteiger partial charge in [0.2, 0.25) is 6.79 Å². The Hall–Kier alpha value is -3.70. The Labute approximate surface area is 171 Å². The van der Waals surface area contributed by atoms with Crippen LogP contribution >= 0.6 is 0 Å². The van der Waals surface area contributed by atoms with Crippen LogP contribution in [-0.4, -0.2) is 69.0 Å². The third-order valence-corrected chi connectivity index (χ3v) is 2.88. The molecule has 0 aliphatic rings. The molecule has 0 bridgehead atoms. The predicted molar refractivity (Wildman–Crippen MR) is 95.1 cm³/mol. The van der Waals surface area contributed by atoms with E-state index in [-0.39, 0.29) is 24.4 Å². The summed E-state index contributed by atoms with van der Waals surface area (Å²) in [5, 5.41) is 0. The first-order chi connectivity index (χ1) is 14.1. The van der Waals surface area contributed by atoms with Crippen LogP contribution in [0.25, 0.3) is 0 Å². The Balaban J connectivity index is 3.95. The lowest BCUT2D eigenvalue weighted by molar-refractivity contribution is -0.184. The normalized spacial score (nSPS) is 9.53. The molecule has 0 aromatic rings. The van der Waals surface area contributed by atoms with Crippen LogP contribution in [0.3, 0.4) is 0 Å². The second kappa shape index (κ2) is 14.3. The van der Waals surface area contributed by atoms with E-state index in [0.29, 0.717) is 6.42 Å². The molecule has 0 heterocycles. The average molecular weight is 430 g/mol. The third kappa shape index (κ3) is 11.2. The molecule has 0 radical (unpaired) electrons. The summed E-state index contributed by atoms with van der Waals surface area (Å²) in [6.45, 7) is 7.40. The van der Waals surface area contributed by atoms with Crippen molar-refractivity contribution in [3.8, 4) is 0 Å². The van der Waals surface area contributed by atoms with E-state index in [0.717, 1.165) is 0 Å². The van der Waals surface area contributed by atoms with Gasteiger partial charge in [-0.05, 0) is 13.3 Å². The van der Waals surface area contributed by atoms with Crippen molar-refractivity contribution < 1.29 is 57.2 Å². The molecule has 166 valence electrons. The van der Waals surface area contributed by atoms with Crippen LogP contribution in [-0.2, 0) is 57.2 Å². The fraction of sp³-hybridized carbons (Fsp3) is 0.444. The number of hydrogen-bond donors (Lipinski definition) is 0. The molecule has 0 aliphatic heterocycles. The van der Waals surface area contributed by atoms with E-state index in [2.05, 4.69) is 36.8 Å². The van der Waals surface area contributed by atoms with Gasteiger partial charge in [0.05, 0.1) is 0 Å². The summed E-state index contributed by atoms with van der Waals surface area (Å²) in [5.74, 6) is -7.24. The number of carbonyl (C=O) groups excluding carboxylic acids is 6. The van der Waals surface area contributed by atoms with E-state index in [1.54, 1.807) is 6.92 Å². The lowest BCUT2D eigenvalue weighted by Crippen LogP contribution is -2.27. The second-order valence-corrected chi connectivity index (χ2v) is 5.26. The lowest BCUT2D eigenvalue weighted by atomic mass is 10.2. The van der Waals surface area contributed by atoms with Crippen molar-refractivity contribution in [2.75, 3.05) is 33.2 Å². The molecule has 0 rings (SSSR count). The zero-order valence-electron chi connectivity index (χ0n) is 16.6. The van der Waals surface area contributed by atoms with Crippen LogP contribution in [0.1, 0.15) is 20.3 Å². The van der Waals surface area contributed by atoms with Crippen LogP contribution in [0.5, 0.6) is 0 Å². The monoisotopic (exact) mass is 430 g/mol. The van der Waals surface area contributed by atoms with Crippen LogP contribution in [0.2, 0.25) is 0 Å². The Morgan fingerprint density at radius 2 is 0.900 bits per heavy atom. The SMILES string of the molecule is C=C(C)C(=O)OCCOC(=O)C(=O)OCOC(=O)C(=O)OCCOC(=O)C(=C)CC. The molecule has 0 aromatic carbocycles. The average Bonchev–Trinajstić information content (AvgIpc) is 2.72. The van der Waals surface area contributed by atoms with Crippen molar-refractivity contribution in [1.29, 1.82) is 0 Å². The largest absolute Gasteiger partial charge is 0.459 e. The van der Waals surface area contributed by atoms with E-state index < -0.39 is 55.8 Å². The van der Waals surface area contributed by atoms with E-state index in [1.807, 2.05) is 0 Å². The molecule has 0 saturated carbocycles. The maximum Gasteiger partial charge on any atom is 0.420 e. The molecule has 30 heavy (non-hydrogen) atoms. The molecule has 0 atom stereocenters. The highest BCUT2D eigenvalue weighted by atomic mass is 16.7. The molecule has 0 amide bonds. The maximum absolute atomic E-state index is 11.3. The van der Waals surface area contributed by atoms with Crippen molar-refractivity contribution >= 4 is 35.8 Å². The Morgan fingerprint density at radius 1 is 0.567 bits per heavy atom. The number of carbonyl (C=O) groups is 6.